The van der Waals surface area contributed by atoms with Crippen molar-refractivity contribution < 1.29 is 9.59 Å². The first kappa shape index (κ1) is 12.9. The van der Waals surface area contributed by atoms with Crippen molar-refractivity contribution in [3.63, 3.8) is 0 Å². The van der Waals surface area contributed by atoms with Crippen LogP contribution in [0, 0.1) is 17.8 Å². The smallest absolute Gasteiger partial charge is 0.225 e. The topological polar surface area (TPSA) is 49.4 Å². The molecular formula is C15H24N2O2. The summed E-state index contributed by atoms with van der Waals surface area (Å²) in [6.07, 6.45) is 6.01. The van der Waals surface area contributed by atoms with Gasteiger partial charge < -0.3 is 10.2 Å². The van der Waals surface area contributed by atoms with Crippen molar-refractivity contribution in [2.24, 2.45) is 17.8 Å². The van der Waals surface area contributed by atoms with Crippen molar-refractivity contribution in [1.29, 1.82) is 0 Å². The van der Waals surface area contributed by atoms with Crippen LogP contribution in [0.15, 0.2) is 0 Å². The number of nitrogens with zero attached hydrogens (tertiary/aromatic N) is 1. The zero-order chi connectivity index (χ0) is 13.4. The Morgan fingerprint density at radius 1 is 1.11 bits per heavy atom. The second-order valence-electron chi connectivity index (χ2n) is 6.44. The third-order valence-electron chi connectivity index (χ3n) is 5.09. The number of hydrogen-bond acceptors (Lipinski definition) is 2. The van der Waals surface area contributed by atoms with E-state index in [1.54, 1.807) is 0 Å². The minimum Gasteiger partial charge on any atom is -0.353 e. The Morgan fingerprint density at radius 2 is 1.74 bits per heavy atom. The summed E-state index contributed by atoms with van der Waals surface area (Å²) in [5.74, 6) is 2.56. The fourth-order valence-corrected chi connectivity index (χ4v) is 3.75. The molecule has 2 amide bonds. The molecule has 0 aromatic carbocycles. The fourth-order valence-electron chi connectivity index (χ4n) is 3.75. The van der Waals surface area contributed by atoms with Gasteiger partial charge in [-0.2, -0.15) is 0 Å². The van der Waals surface area contributed by atoms with Crippen LogP contribution in [0.4, 0.5) is 0 Å². The predicted molar refractivity (Wildman–Crippen MR) is 72.4 cm³/mol. The summed E-state index contributed by atoms with van der Waals surface area (Å²) in [7, 11) is 0. The summed E-state index contributed by atoms with van der Waals surface area (Å²) in [4.78, 5) is 25.8. The van der Waals surface area contributed by atoms with Gasteiger partial charge in [0.05, 0.1) is 0 Å². The number of piperidine rings is 1. The van der Waals surface area contributed by atoms with Crippen molar-refractivity contribution in [2.75, 3.05) is 13.1 Å². The first-order valence-corrected chi connectivity index (χ1v) is 7.75. The van der Waals surface area contributed by atoms with E-state index in [1.807, 2.05) is 11.8 Å². The maximum Gasteiger partial charge on any atom is 0.225 e. The molecule has 4 heteroatoms. The van der Waals surface area contributed by atoms with Gasteiger partial charge in [-0.05, 0) is 43.9 Å². The van der Waals surface area contributed by atoms with Crippen LogP contribution in [-0.4, -0.2) is 35.8 Å². The molecule has 3 fully saturated rings. The van der Waals surface area contributed by atoms with Crippen LogP contribution in [0.5, 0.6) is 0 Å². The van der Waals surface area contributed by atoms with E-state index in [4.69, 9.17) is 0 Å². The zero-order valence-corrected chi connectivity index (χ0v) is 11.7. The lowest BCUT2D eigenvalue weighted by molar-refractivity contribution is -0.136. The molecule has 106 valence electrons. The molecule has 3 aliphatic rings. The number of carbonyl (C=O) groups is 2. The second kappa shape index (κ2) is 5.14. The monoisotopic (exact) mass is 264 g/mol. The minimum atomic E-state index is 0.126. The number of carbonyl (C=O) groups excluding carboxylic acids is 2. The number of rotatable bonds is 3. The van der Waals surface area contributed by atoms with Gasteiger partial charge in [-0.1, -0.05) is 6.92 Å². The molecule has 1 aliphatic heterocycles. The van der Waals surface area contributed by atoms with Gasteiger partial charge in [-0.15, -0.1) is 0 Å². The molecule has 2 atom stereocenters. The summed E-state index contributed by atoms with van der Waals surface area (Å²) in [6.45, 7) is 3.51. The largest absolute Gasteiger partial charge is 0.353 e. The Labute approximate surface area is 114 Å². The molecule has 0 spiro atoms. The fraction of sp³-hybridized carbons (Fsp3) is 0.867. The second-order valence-corrected chi connectivity index (χ2v) is 6.44. The van der Waals surface area contributed by atoms with Crippen LogP contribution < -0.4 is 5.32 Å². The standard InChI is InChI=1S/C15H24N2O2/c1-2-14(18)16-13-3-5-17(6-4-13)15(19)12-8-10-7-11(10)9-12/h10-13H,2-9H2,1H3,(H,16,18). The van der Waals surface area contributed by atoms with Crippen molar-refractivity contribution in [3.8, 4) is 0 Å². The first-order chi connectivity index (χ1) is 9.17. The van der Waals surface area contributed by atoms with Gasteiger partial charge in [0.1, 0.15) is 0 Å². The number of likely N-dealkylation sites (tertiary alicyclic amines) is 1. The maximum atomic E-state index is 12.4. The molecule has 0 bridgehead atoms. The Balaban J connectivity index is 1.44. The highest BCUT2D eigenvalue weighted by Crippen LogP contribution is 2.54. The van der Waals surface area contributed by atoms with Gasteiger partial charge in [-0.3, -0.25) is 9.59 Å². The minimum absolute atomic E-state index is 0.126. The van der Waals surface area contributed by atoms with Crippen LogP contribution in [0.2, 0.25) is 0 Å². The molecule has 0 aromatic rings. The molecule has 2 aliphatic carbocycles. The highest BCUT2D eigenvalue weighted by atomic mass is 16.2. The highest BCUT2D eigenvalue weighted by molar-refractivity contribution is 5.79. The van der Waals surface area contributed by atoms with E-state index in [9.17, 15) is 9.59 Å². The van der Waals surface area contributed by atoms with Crippen LogP contribution in [0.1, 0.15) is 45.4 Å². The lowest BCUT2D eigenvalue weighted by Crippen LogP contribution is -2.47. The summed E-state index contributed by atoms with van der Waals surface area (Å²) in [6, 6.07) is 0.272. The van der Waals surface area contributed by atoms with Crippen molar-refractivity contribution in [3.05, 3.63) is 0 Å². The van der Waals surface area contributed by atoms with E-state index < -0.39 is 0 Å². The third-order valence-corrected chi connectivity index (χ3v) is 5.09. The molecule has 1 saturated heterocycles. The van der Waals surface area contributed by atoms with Gasteiger partial charge in [-0.25, -0.2) is 0 Å². The Kier molecular flexibility index (Phi) is 3.50. The average Bonchev–Trinajstić information content (AvgIpc) is 3.05. The van der Waals surface area contributed by atoms with E-state index in [0.717, 1.165) is 50.6 Å². The number of hydrogen-bond donors (Lipinski definition) is 1. The normalized spacial score (nSPS) is 33.9. The molecule has 4 nitrogen and oxygen atoms in total. The molecule has 19 heavy (non-hydrogen) atoms. The van der Waals surface area contributed by atoms with Crippen LogP contribution in [0.3, 0.4) is 0 Å². The van der Waals surface area contributed by atoms with Crippen molar-refractivity contribution in [2.45, 2.75) is 51.5 Å². The SMILES string of the molecule is CCC(=O)NC1CCN(C(=O)C2CC3CC3C2)CC1. The van der Waals surface area contributed by atoms with Gasteiger partial charge in [0.15, 0.2) is 0 Å². The van der Waals surface area contributed by atoms with Crippen molar-refractivity contribution >= 4 is 11.8 Å². The zero-order valence-electron chi connectivity index (χ0n) is 11.7. The van der Waals surface area contributed by atoms with E-state index in [2.05, 4.69) is 5.32 Å². The lowest BCUT2D eigenvalue weighted by atomic mass is 9.98. The Morgan fingerprint density at radius 3 is 2.32 bits per heavy atom. The van der Waals surface area contributed by atoms with Gasteiger partial charge >= 0.3 is 0 Å². The summed E-state index contributed by atoms with van der Waals surface area (Å²) >= 11 is 0. The van der Waals surface area contributed by atoms with Crippen LogP contribution in [0.25, 0.3) is 0 Å². The van der Waals surface area contributed by atoms with Gasteiger partial charge in [0, 0.05) is 31.5 Å². The molecule has 1 heterocycles. The third kappa shape index (κ3) is 2.77. The quantitative estimate of drug-likeness (QED) is 0.841. The molecule has 1 N–H and O–H groups in total. The van der Waals surface area contributed by atoms with Crippen LogP contribution in [-0.2, 0) is 9.59 Å². The number of fused-ring (bicyclic) bond motifs is 1. The average molecular weight is 264 g/mol. The molecule has 2 unspecified atom stereocenters. The molecule has 0 radical (unpaired) electrons. The van der Waals surface area contributed by atoms with E-state index >= 15 is 0 Å². The number of nitrogens with one attached hydrogen (secondary N) is 1. The Bertz CT molecular complexity index is 364. The number of amides is 2. The van der Waals surface area contributed by atoms with E-state index in [-0.39, 0.29) is 11.9 Å². The van der Waals surface area contributed by atoms with Gasteiger partial charge in [0.2, 0.25) is 11.8 Å². The molecule has 2 saturated carbocycles. The molecule has 0 aromatic heterocycles. The molecule has 3 rings (SSSR count). The lowest BCUT2D eigenvalue weighted by Gasteiger charge is -2.34. The van der Waals surface area contributed by atoms with Crippen LogP contribution >= 0.6 is 0 Å². The van der Waals surface area contributed by atoms with Gasteiger partial charge in [0.25, 0.3) is 0 Å². The molecular weight excluding hydrogens is 240 g/mol. The Hall–Kier alpha value is -1.06. The van der Waals surface area contributed by atoms with E-state index in [1.165, 1.54) is 6.42 Å². The first-order valence-electron chi connectivity index (χ1n) is 7.75. The highest BCUT2D eigenvalue weighted by Gasteiger charge is 2.48. The summed E-state index contributed by atoms with van der Waals surface area (Å²) in [5.41, 5.74) is 0. The maximum absolute atomic E-state index is 12.4. The predicted octanol–water partition coefficient (Wildman–Crippen LogP) is 1.55. The summed E-state index contributed by atoms with van der Waals surface area (Å²) < 4.78 is 0. The van der Waals surface area contributed by atoms with E-state index in [0.29, 0.717) is 18.2 Å². The van der Waals surface area contributed by atoms with Crippen molar-refractivity contribution in [1.82, 2.24) is 10.2 Å². The summed E-state index contributed by atoms with van der Waals surface area (Å²) in [5, 5.41) is 3.03.